The minimum Gasteiger partial charge on any atom is -0.0822 e. The van der Waals surface area contributed by atoms with E-state index >= 15 is 0 Å². The molecule has 0 spiro atoms. The predicted octanol–water partition coefficient (Wildman–Crippen LogP) is 8.46. The lowest BCUT2D eigenvalue weighted by atomic mass is 9.82. The van der Waals surface area contributed by atoms with E-state index in [0.717, 1.165) is 11.8 Å². The molecule has 0 aromatic heterocycles. The van der Waals surface area contributed by atoms with Crippen LogP contribution in [-0.4, -0.2) is 0 Å². The van der Waals surface area contributed by atoms with Crippen LogP contribution in [0.3, 0.4) is 0 Å². The van der Waals surface area contributed by atoms with Gasteiger partial charge in [0.1, 0.15) is 0 Å². The van der Waals surface area contributed by atoms with Gasteiger partial charge in [-0.05, 0) is 43.9 Å². The quantitative estimate of drug-likeness (QED) is 0.311. The van der Waals surface area contributed by atoms with Gasteiger partial charge in [-0.1, -0.05) is 103 Å². The summed E-state index contributed by atoms with van der Waals surface area (Å²) in [6.45, 7) is 7.05. The Labute approximate surface area is 147 Å². The molecular formula is C23H44. The van der Waals surface area contributed by atoms with E-state index < -0.39 is 0 Å². The summed E-state index contributed by atoms with van der Waals surface area (Å²) in [5, 5.41) is 0. The maximum absolute atomic E-state index is 2.73. The zero-order chi connectivity index (χ0) is 16.8. The highest BCUT2D eigenvalue weighted by Crippen LogP contribution is 2.30. The lowest BCUT2D eigenvalue weighted by Gasteiger charge is -2.23. The van der Waals surface area contributed by atoms with Crippen LogP contribution >= 0.6 is 0 Å². The highest BCUT2D eigenvalue weighted by Gasteiger charge is 2.16. The summed E-state index contributed by atoms with van der Waals surface area (Å²) in [6.07, 6.45) is 25.7. The molecule has 136 valence electrons. The summed E-state index contributed by atoms with van der Waals surface area (Å²) in [5.41, 5.74) is 1.76. The summed E-state index contributed by atoms with van der Waals surface area (Å²) >= 11 is 0. The van der Waals surface area contributed by atoms with E-state index in [1.807, 2.05) is 0 Å². The van der Waals surface area contributed by atoms with Gasteiger partial charge >= 0.3 is 0 Å². The highest BCUT2D eigenvalue weighted by molar-refractivity contribution is 5.04. The Morgan fingerprint density at radius 3 is 2.30 bits per heavy atom. The van der Waals surface area contributed by atoms with Gasteiger partial charge in [-0.25, -0.2) is 0 Å². The van der Waals surface area contributed by atoms with E-state index in [-0.39, 0.29) is 0 Å². The van der Waals surface area contributed by atoms with Crippen LogP contribution in [0.2, 0.25) is 0 Å². The van der Waals surface area contributed by atoms with Crippen molar-refractivity contribution in [1.29, 1.82) is 0 Å². The maximum Gasteiger partial charge on any atom is -0.0228 e. The highest BCUT2D eigenvalue weighted by atomic mass is 14.2. The van der Waals surface area contributed by atoms with Crippen LogP contribution in [0.1, 0.15) is 124 Å². The van der Waals surface area contributed by atoms with Gasteiger partial charge in [0, 0.05) is 0 Å². The third kappa shape index (κ3) is 10.3. The van der Waals surface area contributed by atoms with Gasteiger partial charge in [0.05, 0.1) is 0 Å². The van der Waals surface area contributed by atoms with Crippen molar-refractivity contribution in [3.05, 3.63) is 11.6 Å². The van der Waals surface area contributed by atoms with Crippen molar-refractivity contribution in [3.63, 3.8) is 0 Å². The van der Waals surface area contributed by atoms with Gasteiger partial charge in [0.2, 0.25) is 0 Å². The largest absolute Gasteiger partial charge is 0.0822 e. The Bertz CT molecular complexity index is 288. The van der Waals surface area contributed by atoms with Gasteiger partial charge < -0.3 is 0 Å². The van der Waals surface area contributed by atoms with Crippen molar-refractivity contribution in [1.82, 2.24) is 0 Å². The molecule has 2 atom stereocenters. The molecule has 0 aliphatic heterocycles. The fourth-order valence-corrected chi connectivity index (χ4v) is 4.25. The van der Waals surface area contributed by atoms with Gasteiger partial charge in [-0.15, -0.1) is 0 Å². The third-order valence-electron chi connectivity index (χ3n) is 5.82. The second-order valence-corrected chi connectivity index (χ2v) is 7.98. The lowest BCUT2D eigenvalue weighted by molar-refractivity contribution is 0.330. The monoisotopic (exact) mass is 320 g/mol. The Morgan fingerprint density at radius 2 is 1.57 bits per heavy atom. The molecule has 0 heterocycles. The number of hydrogen-bond acceptors (Lipinski definition) is 0. The minimum absolute atomic E-state index is 0.871. The number of hydrogen-bond donors (Lipinski definition) is 0. The van der Waals surface area contributed by atoms with Crippen molar-refractivity contribution >= 4 is 0 Å². The summed E-state index contributed by atoms with van der Waals surface area (Å²) in [4.78, 5) is 0. The first-order chi connectivity index (χ1) is 11.3. The zero-order valence-electron chi connectivity index (χ0n) is 16.5. The molecule has 1 aliphatic carbocycles. The molecule has 0 N–H and O–H groups in total. The van der Waals surface area contributed by atoms with Crippen LogP contribution in [0, 0.1) is 11.8 Å². The van der Waals surface area contributed by atoms with E-state index in [4.69, 9.17) is 0 Å². The second kappa shape index (κ2) is 14.1. The zero-order valence-corrected chi connectivity index (χ0v) is 16.5. The molecule has 0 aromatic rings. The van der Waals surface area contributed by atoms with E-state index in [1.54, 1.807) is 5.57 Å². The van der Waals surface area contributed by atoms with Crippen molar-refractivity contribution in [2.24, 2.45) is 11.8 Å². The first-order valence-electron chi connectivity index (χ1n) is 11.0. The standard InChI is InChI=1S/C23H44/c1-4-7-12-17-22-18-14-11-9-10-13-16-21(6-3)19-23(20-22)15-8-5-2/h19,22-23H,4-18,20H2,1-3H3. The smallest absolute Gasteiger partial charge is 0.0228 e. The van der Waals surface area contributed by atoms with E-state index in [9.17, 15) is 0 Å². The number of unbranched alkanes of at least 4 members (excludes halogenated alkanes) is 3. The Kier molecular flexibility index (Phi) is 12.8. The third-order valence-corrected chi connectivity index (χ3v) is 5.82. The molecule has 0 bridgehead atoms. The molecule has 0 saturated carbocycles. The fraction of sp³-hybridized carbons (Fsp3) is 0.913. The van der Waals surface area contributed by atoms with Crippen molar-refractivity contribution in [3.8, 4) is 0 Å². The molecule has 0 amide bonds. The first-order valence-corrected chi connectivity index (χ1v) is 11.0. The maximum atomic E-state index is 2.73. The topological polar surface area (TPSA) is 0 Å². The van der Waals surface area contributed by atoms with Crippen LogP contribution in [0.25, 0.3) is 0 Å². The molecule has 0 radical (unpaired) electrons. The molecule has 2 unspecified atom stereocenters. The van der Waals surface area contributed by atoms with Gasteiger partial charge in [-0.2, -0.15) is 0 Å². The van der Waals surface area contributed by atoms with Crippen molar-refractivity contribution in [2.45, 2.75) is 124 Å². The molecule has 0 aromatic carbocycles. The normalized spacial score (nSPS) is 24.6. The first kappa shape index (κ1) is 20.8. The average Bonchev–Trinajstić information content (AvgIpc) is 2.55. The Morgan fingerprint density at radius 1 is 0.826 bits per heavy atom. The molecular weight excluding hydrogens is 276 g/mol. The van der Waals surface area contributed by atoms with Gasteiger partial charge in [0.15, 0.2) is 0 Å². The summed E-state index contributed by atoms with van der Waals surface area (Å²) in [6, 6.07) is 0. The van der Waals surface area contributed by atoms with Gasteiger partial charge in [-0.3, -0.25) is 0 Å². The number of allylic oxidation sites excluding steroid dienone is 2. The van der Waals surface area contributed by atoms with Crippen LogP contribution in [0.15, 0.2) is 11.6 Å². The van der Waals surface area contributed by atoms with E-state index in [2.05, 4.69) is 26.8 Å². The molecule has 0 heteroatoms. The fourth-order valence-electron chi connectivity index (χ4n) is 4.25. The Balaban J connectivity index is 2.70. The van der Waals surface area contributed by atoms with Gasteiger partial charge in [0.25, 0.3) is 0 Å². The molecule has 0 saturated heterocycles. The molecule has 0 fully saturated rings. The second-order valence-electron chi connectivity index (χ2n) is 7.98. The molecule has 1 aliphatic rings. The summed E-state index contributed by atoms with van der Waals surface area (Å²) in [7, 11) is 0. The van der Waals surface area contributed by atoms with Crippen LogP contribution in [0.5, 0.6) is 0 Å². The van der Waals surface area contributed by atoms with E-state index in [1.165, 1.54) is 103 Å². The number of rotatable bonds is 8. The summed E-state index contributed by atoms with van der Waals surface area (Å²) in [5.74, 6) is 1.87. The van der Waals surface area contributed by atoms with E-state index in [0.29, 0.717) is 0 Å². The SMILES string of the molecule is CCCCCC1CCCCCCCC(CC)=CC(CCCC)C1. The van der Waals surface area contributed by atoms with Crippen molar-refractivity contribution < 1.29 is 0 Å². The van der Waals surface area contributed by atoms with Crippen LogP contribution in [-0.2, 0) is 0 Å². The lowest BCUT2D eigenvalue weighted by Crippen LogP contribution is -2.10. The molecule has 1 rings (SSSR count). The molecule has 0 nitrogen and oxygen atoms in total. The summed E-state index contributed by atoms with van der Waals surface area (Å²) < 4.78 is 0. The predicted molar refractivity (Wildman–Crippen MR) is 106 cm³/mol. The van der Waals surface area contributed by atoms with Crippen molar-refractivity contribution in [2.75, 3.05) is 0 Å². The average molecular weight is 321 g/mol. The molecule has 23 heavy (non-hydrogen) atoms. The van der Waals surface area contributed by atoms with Crippen LogP contribution < -0.4 is 0 Å². The minimum atomic E-state index is 0.871. The Hall–Kier alpha value is -0.260. The van der Waals surface area contributed by atoms with Crippen LogP contribution in [0.4, 0.5) is 0 Å².